The highest BCUT2D eigenvalue weighted by Gasteiger charge is 2.34. The smallest absolute Gasteiger partial charge is 0.251 e. The van der Waals surface area contributed by atoms with E-state index in [1.807, 2.05) is 20.8 Å². The number of benzene rings is 1. The Morgan fingerprint density at radius 2 is 1.76 bits per heavy atom. The van der Waals surface area contributed by atoms with Gasteiger partial charge >= 0.3 is 0 Å². The van der Waals surface area contributed by atoms with Gasteiger partial charge in [0.25, 0.3) is 5.91 Å². The van der Waals surface area contributed by atoms with Crippen molar-refractivity contribution >= 4 is 17.7 Å². The molecule has 3 amide bonds. The van der Waals surface area contributed by atoms with E-state index in [2.05, 4.69) is 10.6 Å². The van der Waals surface area contributed by atoms with E-state index in [9.17, 15) is 24.6 Å². The Morgan fingerprint density at radius 1 is 1.14 bits per heavy atom. The minimum Gasteiger partial charge on any atom is -0.390 e. The molecule has 1 aromatic rings. The monoisotopic (exact) mass is 403 g/mol. The van der Waals surface area contributed by atoms with Crippen molar-refractivity contribution < 1.29 is 24.6 Å². The van der Waals surface area contributed by atoms with Crippen molar-refractivity contribution in [3.05, 3.63) is 47.0 Å². The molecule has 4 atom stereocenters. The van der Waals surface area contributed by atoms with Crippen LogP contribution >= 0.6 is 0 Å². The second-order valence-electron chi connectivity index (χ2n) is 7.88. The van der Waals surface area contributed by atoms with E-state index in [0.29, 0.717) is 12.0 Å². The molecule has 6 N–H and O–H groups in total. The number of carbonyl (C=O) groups is 3. The molecule has 0 unspecified atom stereocenters. The minimum atomic E-state index is -1.26. The zero-order valence-corrected chi connectivity index (χ0v) is 16.9. The van der Waals surface area contributed by atoms with Gasteiger partial charge in [0.2, 0.25) is 11.8 Å². The zero-order chi connectivity index (χ0) is 21.7. The summed E-state index contributed by atoms with van der Waals surface area (Å²) in [6.07, 6.45) is -0.805. The second-order valence-corrected chi connectivity index (χ2v) is 7.88. The summed E-state index contributed by atoms with van der Waals surface area (Å²) in [6.45, 7) is 5.70. The Morgan fingerprint density at radius 3 is 2.31 bits per heavy atom. The molecule has 8 nitrogen and oxygen atoms in total. The van der Waals surface area contributed by atoms with Gasteiger partial charge in [0, 0.05) is 17.6 Å². The molecule has 0 aromatic heterocycles. The molecule has 8 heteroatoms. The first kappa shape index (κ1) is 22.6. The number of nitrogens with one attached hydrogen (secondary N) is 2. The van der Waals surface area contributed by atoms with Gasteiger partial charge in [0.05, 0.1) is 12.1 Å². The molecule has 0 spiro atoms. The molecule has 0 bridgehead atoms. The molecule has 0 saturated heterocycles. The van der Waals surface area contributed by atoms with Gasteiger partial charge in [-0.05, 0) is 31.4 Å². The summed E-state index contributed by atoms with van der Waals surface area (Å²) < 4.78 is 0. The average molecular weight is 403 g/mol. The fourth-order valence-corrected chi connectivity index (χ4v) is 3.17. The maximum Gasteiger partial charge on any atom is 0.251 e. The van der Waals surface area contributed by atoms with E-state index in [4.69, 9.17) is 5.73 Å². The first-order valence-corrected chi connectivity index (χ1v) is 9.63. The van der Waals surface area contributed by atoms with Crippen molar-refractivity contribution in [2.75, 3.05) is 0 Å². The van der Waals surface area contributed by atoms with E-state index < -0.39 is 42.0 Å². The van der Waals surface area contributed by atoms with E-state index in [1.54, 1.807) is 24.3 Å². The molecule has 0 fully saturated rings. The Kier molecular flexibility index (Phi) is 7.53. The van der Waals surface area contributed by atoms with Gasteiger partial charge in [-0.25, -0.2) is 0 Å². The lowest BCUT2D eigenvalue weighted by atomic mass is 9.89. The van der Waals surface area contributed by atoms with Gasteiger partial charge in [0.15, 0.2) is 0 Å². The van der Waals surface area contributed by atoms with Crippen molar-refractivity contribution in [2.24, 2.45) is 11.7 Å². The first-order valence-electron chi connectivity index (χ1n) is 9.63. The van der Waals surface area contributed by atoms with Gasteiger partial charge in [-0.1, -0.05) is 37.6 Å². The van der Waals surface area contributed by atoms with Crippen LogP contribution in [0.2, 0.25) is 0 Å². The van der Waals surface area contributed by atoms with E-state index in [-0.39, 0.29) is 17.9 Å². The highest BCUT2D eigenvalue weighted by atomic mass is 16.3. The highest BCUT2D eigenvalue weighted by molar-refractivity contribution is 5.98. The lowest BCUT2D eigenvalue weighted by molar-refractivity contribution is -0.126. The normalized spacial score (nSPS) is 22.6. The summed E-state index contributed by atoms with van der Waals surface area (Å²) in [5.41, 5.74) is 6.93. The van der Waals surface area contributed by atoms with Gasteiger partial charge in [0.1, 0.15) is 12.1 Å². The molecule has 0 radical (unpaired) electrons. The Balaban J connectivity index is 2.15. The molecule has 29 heavy (non-hydrogen) atoms. The summed E-state index contributed by atoms with van der Waals surface area (Å²) in [5, 5.41) is 25.6. The van der Waals surface area contributed by atoms with Crippen LogP contribution in [0.1, 0.15) is 42.6 Å². The topological polar surface area (TPSA) is 142 Å². The predicted molar refractivity (Wildman–Crippen MR) is 108 cm³/mol. The maximum atomic E-state index is 12.6. The number of amides is 3. The van der Waals surface area contributed by atoms with E-state index >= 15 is 0 Å². The van der Waals surface area contributed by atoms with Crippen molar-refractivity contribution in [3.63, 3.8) is 0 Å². The van der Waals surface area contributed by atoms with Gasteiger partial charge in [-0.2, -0.15) is 0 Å². The summed E-state index contributed by atoms with van der Waals surface area (Å²) in [4.78, 5) is 36.6. The molecule has 1 aromatic carbocycles. The first-order chi connectivity index (χ1) is 13.6. The summed E-state index contributed by atoms with van der Waals surface area (Å²) in [7, 11) is 0. The van der Waals surface area contributed by atoms with Crippen molar-refractivity contribution in [1.82, 2.24) is 10.6 Å². The number of aryl methyl sites for hydroxylation is 1. The third-order valence-electron chi connectivity index (χ3n) is 4.83. The number of rotatable bonds is 7. The number of carbonyl (C=O) groups excluding carboxylic acids is 3. The maximum absolute atomic E-state index is 12.6. The van der Waals surface area contributed by atoms with E-state index in [0.717, 1.165) is 5.56 Å². The molecular formula is C21H29N3O5. The predicted octanol–water partition coefficient (Wildman–Crippen LogP) is 0.162. The van der Waals surface area contributed by atoms with Crippen molar-refractivity contribution in [1.29, 1.82) is 0 Å². The van der Waals surface area contributed by atoms with Crippen LogP contribution in [0.3, 0.4) is 0 Å². The summed E-state index contributed by atoms with van der Waals surface area (Å²) in [6, 6.07) is 5.08. The number of primary amides is 1. The van der Waals surface area contributed by atoms with Crippen molar-refractivity contribution in [3.8, 4) is 0 Å². The lowest BCUT2D eigenvalue weighted by Gasteiger charge is -2.31. The van der Waals surface area contributed by atoms with Crippen molar-refractivity contribution in [2.45, 2.75) is 57.9 Å². The number of hydrogen-bond donors (Lipinski definition) is 5. The van der Waals surface area contributed by atoms with E-state index in [1.165, 1.54) is 6.08 Å². The molecule has 2 rings (SSSR count). The summed E-state index contributed by atoms with van der Waals surface area (Å²) in [5.74, 6) is -1.50. The standard InChI is InChI=1S/C21H29N3O5/c1-11(2)8-16(19(22)27)24-21(29)14-9-15(18(26)17(25)10-14)23-20(28)13-6-4-12(3)5-7-13/h4-7,9,11,15-18,25-26H,8,10H2,1-3H3,(H2,22,27)(H,23,28)(H,24,29)/t15-,16-,17-,18-/m1/s1. The molecule has 158 valence electrons. The van der Waals surface area contributed by atoms with Crippen LogP contribution in [0.15, 0.2) is 35.9 Å². The Bertz CT molecular complexity index is 788. The molecule has 1 aliphatic rings. The van der Waals surface area contributed by atoms with Crippen LogP contribution in [0.25, 0.3) is 0 Å². The van der Waals surface area contributed by atoms with Crippen LogP contribution in [0.4, 0.5) is 0 Å². The Labute approximate surface area is 170 Å². The molecule has 1 aliphatic carbocycles. The van der Waals surface area contributed by atoms with Crippen LogP contribution < -0.4 is 16.4 Å². The second kappa shape index (κ2) is 9.67. The Hall–Kier alpha value is -2.71. The van der Waals surface area contributed by atoms with Gasteiger partial charge in [-0.3, -0.25) is 14.4 Å². The number of nitrogens with two attached hydrogens (primary N) is 1. The summed E-state index contributed by atoms with van der Waals surface area (Å²) >= 11 is 0. The zero-order valence-electron chi connectivity index (χ0n) is 16.9. The molecule has 0 saturated carbocycles. The average Bonchev–Trinajstić information content (AvgIpc) is 2.64. The van der Waals surface area contributed by atoms with Crippen LogP contribution in [0, 0.1) is 12.8 Å². The minimum absolute atomic E-state index is 0.100. The molecular weight excluding hydrogens is 374 g/mol. The third-order valence-corrected chi connectivity index (χ3v) is 4.83. The van der Waals surface area contributed by atoms with Crippen LogP contribution in [-0.2, 0) is 9.59 Å². The molecule has 0 aliphatic heterocycles. The van der Waals surface area contributed by atoms with Crippen LogP contribution in [-0.4, -0.2) is 52.2 Å². The van der Waals surface area contributed by atoms with Crippen LogP contribution in [0.5, 0.6) is 0 Å². The third kappa shape index (κ3) is 6.13. The lowest BCUT2D eigenvalue weighted by Crippen LogP contribution is -2.52. The fourth-order valence-electron chi connectivity index (χ4n) is 3.17. The fraction of sp³-hybridized carbons (Fsp3) is 0.476. The highest BCUT2D eigenvalue weighted by Crippen LogP contribution is 2.21. The quantitative estimate of drug-likeness (QED) is 0.441. The largest absolute Gasteiger partial charge is 0.390 e. The van der Waals surface area contributed by atoms with Gasteiger partial charge < -0.3 is 26.6 Å². The number of aliphatic hydroxyl groups is 2. The SMILES string of the molecule is Cc1ccc(C(=O)N[C@@H]2C=C(C(=O)N[C@H](CC(C)C)C(N)=O)C[C@@H](O)[C@@H]2O)cc1. The number of aliphatic hydroxyl groups excluding tert-OH is 2. The number of hydrogen-bond acceptors (Lipinski definition) is 5. The molecule has 0 heterocycles. The van der Waals surface area contributed by atoms with Gasteiger partial charge in [-0.15, -0.1) is 0 Å².